The number of nitrogens with zero attached hydrogens (tertiary/aromatic N) is 2. The Labute approximate surface area is 163 Å². The number of aromatic amines is 1. The number of hydrogen-bond acceptors (Lipinski definition) is 4. The van der Waals surface area contributed by atoms with E-state index < -0.39 is 0 Å². The topological polar surface area (TPSA) is 75.3 Å². The smallest absolute Gasteiger partial charge is 0.254 e. The third-order valence-corrected chi connectivity index (χ3v) is 6.13. The summed E-state index contributed by atoms with van der Waals surface area (Å²) >= 11 is 0. The summed E-state index contributed by atoms with van der Waals surface area (Å²) in [5.74, 6) is 2.39. The van der Waals surface area contributed by atoms with E-state index in [1.807, 2.05) is 29.2 Å². The lowest BCUT2D eigenvalue weighted by Crippen LogP contribution is -2.42. The summed E-state index contributed by atoms with van der Waals surface area (Å²) in [4.78, 5) is 35.2. The maximum atomic E-state index is 13.2. The Kier molecular flexibility index (Phi) is 4.41. The highest BCUT2D eigenvalue weighted by Crippen LogP contribution is 2.32. The van der Waals surface area contributed by atoms with E-state index in [0.29, 0.717) is 44.9 Å². The Bertz CT molecular complexity index is 964. The first-order valence-corrected chi connectivity index (χ1v) is 10.3. The number of fused-ring (bicyclic) bond motifs is 2. The van der Waals surface area contributed by atoms with Gasteiger partial charge in [0.05, 0.1) is 18.8 Å². The fourth-order valence-corrected chi connectivity index (χ4v) is 4.33. The number of nitrogens with one attached hydrogen (secondary N) is 1. The third-order valence-electron chi connectivity index (χ3n) is 6.13. The van der Waals surface area contributed by atoms with Crippen LogP contribution in [0, 0.1) is 11.8 Å². The number of benzene rings is 1. The number of carbonyl (C=O) groups excluding carboxylic acids is 1. The third kappa shape index (κ3) is 3.43. The van der Waals surface area contributed by atoms with Crippen molar-refractivity contribution in [1.29, 1.82) is 0 Å². The largest absolute Gasteiger partial charge is 0.493 e. The average Bonchev–Trinajstić information content (AvgIpc) is 3.53. The fourth-order valence-electron chi connectivity index (χ4n) is 4.33. The van der Waals surface area contributed by atoms with Gasteiger partial charge in [0, 0.05) is 24.4 Å². The predicted molar refractivity (Wildman–Crippen MR) is 104 cm³/mol. The van der Waals surface area contributed by atoms with Gasteiger partial charge in [0.25, 0.3) is 5.56 Å². The van der Waals surface area contributed by atoms with E-state index in [9.17, 15) is 9.59 Å². The maximum absolute atomic E-state index is 13.2. The molecular formula is C22H25N3O3. The monoisotopic (exact) mass is 379 g/mol. The van der Waals surface area contributed by atoms with Crippen LogP contribution in [0.3, 0.4) is 0 Å². The van der Waals surface area contributed by atoms with Crippen LogP contribution < -0.4 is 10.3 Å². The van der Waals surface area contributed by atoms with Crippen LogP contribution in [0.25, 0.3) is 0 Å². The summed E-state index contributed by atoms with van der Waals surface area (Å²) in [6.45, 7) is 1.58. The second kappa shape index (κ2) is 7.08. The van der Waals surface area contributed by atoms with Gasteiger partial charge in [-0.25, -0.2) is 4.98 Å². The van der Waals surface area contributed by atoms with Crippen LogP contribution >= 0.6 is 0 Å². The number of rotatable bonds is 3. The Morgan fingerprint density at radius 2 is 2.11 bits per heavy atom. The molecule has 1 N–H and O–H groups in total. The molecule has 5 rings (SSSR count). The van der Waals surface area contributed by atoms with Crippen LogP contribution in [0.4, 0.5) is 0 Å². The van der Waals surface area contributed by atoms with E-state index in [4.69, 9.17) is 9.72 Å². The Morgan fingerprint density at radius 3 is 2.96 bits per heavy atom. The highest BCUT2D eigenvalue weighted by atomic mass is 16.5. The number of para-hydroxylation sites is 1. The zero-order valence-corrected chi connectivity index (χ0v) is 15.9. The predicted octanol–water partition coefficient (Wildman–Crippen LogP) is 2.25. The lowest BCUT2D eigenvalue weighted by molar-refractivity contribution is -0.136. The van der Waals surface area contributed by atoms with Crippen molar-refractivity contribution in [3.05, 3.63) is 57.3 Å². The van der Waals surface area contributed by atoms with Crippen LogP contribution in [-0.2, 0) is 30.6 Å². The van der Waals surface area contributed by atoms with E-state index in [2.05, 4.69) is 4.98 Å². The number of ether oxygens (including phenoxy) is 1. The molecule has 3 heterocycles. The molecule has 146 valence electrons. The minimum absolute atomic E-state index is 0.0236. The van der Waals surface area contributed by atoms with Crippen LogP contribution in [0.2, 0.25) is 0 Å². The number of H-pyrrole nitrogens is 1. The molecule has 1 atom stereocenters. The molecule has 28 heavy (non-hydrogen) atoms. The lowest BCUT2D eigenvalue weighted by atomic mass is 9.94. The van der Waals surface area contributed by atoms with Crippen LogP contribution in [-0.4, -0.2) is 33.9 Å². The molecule has 1 aliphatic carbocycles. The van der Waals surface area contributed by atoms with Crippen molar-refractivity contribution in [2.75, 3.05) is 13.2 Å². The first-order valence-electron chi connectivity index (χ1n) is 10.3. The van der Waals surface area contributed by atoms with Crippen molar-refractivity contribution in [2.24, 2.45) is 11.8 Å². The molecule has 0 unspecified atom stereocenters. The molecule has 1 aromatic heterocycles. The number of amides is 1. The van der Waals surface area contributed by atoms with E-state index in [0.717, 1.165) is 34.8 Å². The summed E-state index contributed by atoms with van der Waals surface area (Å²) < 4.78 is 5.82. The summed E-state index contributed by atoms with van der Waals surface area (Å²) in [5, 5.41) is 0. The molecular weight excluding hydrogens is 354 g/mol. The van der Waals surface area contributed by atoms with Gasteiger partial charge in [0.1, 0.15) is 11.6 Å². The molecule has 1 saturated carbocycles. The van der Waals surface area contributed by atoms with E-state index in [1.54, 1.807) is 0 Å². The summed E-state index contributed by atoms with van der Waals surface area (Å²) in [6.07, 6.45) is 5.27. The maximum Gasteiger partial charge on any atom is 0.254 e. The molecule has 6 heteroatoms. The molecule has 6 nitrogen and oxygen atoms in total. The molecule has 3 aliphatic rings. The number of hydrogen-bond donors (Lipinski definition) is 1. The Morgan fingerprint density at radius 1 is 1.25 bits per heavy atom. The highest BCUT2D eigenvalue weighted by Gasteiger charge is 2.31. The van der Waals surface area contributed by atoms with E-state index in [1.165, 1.54) is 12.8 Å². The van der Waals surface area contributed by atoms with Gasteiger partial charge in [0.2, 0.25) is 5.91 Å². The summed E-state index contributed by atoms with van der Waals surface area (Å²) in [6, 6.07) is 7.96. The summed E-state index contributed by atoms with van der Waals surface area (Å²) in [5.41, 5.74) is 2.60. The minimum atomic E-state index is -0.0851. The molecule has 0 saturated heterocycles. The molecule has 0 bridgehead atoms. The van der Waals surface area contributed by atoms with Crippen molar-refractivity contribution in [2.45, 2.75) is 45.1 Å². The van der Waals surface area contributed by atoms with E-state index in [-0.39, 0.29) is 17.4 Å². The Balaban J connectivity index is 1.34. The lowest BCUT2D eigenvalue weighted by Gasteiger charge is -2.30. The second-order valence-electron chi connectivity index (χ2n) is 8.24. The van der Waals surface area contributed by atoms with Gasteiger partial charge >= 0.3 is 0 Å². The number of carbonyl (C=O) groups is 1. The number of aromatic nitrogens is 2. The second-order valence-corrected chi connectivity index (χ2v) is 8.24. The van der Waals surface area contributed by atoms with E-state index >= 15 is 0 Å². The van der Waals surface area contributed by atoms with Crippen molar-refractivity contribution in [3.8, 4) is 5.75 Å². The first kappa shape index (κ1) is 17.5. The quantitative estimate of drug-likeness (QED) is 0.888. The van der Waals surface area contributed by atoms with Crippen LogP contribution in [0.15, 0.2) is 29.1 Å². The van der Waals surface area contributed by atoms with Crippen molar-refractivity contribution in [1.82, 2.24) is 14.9 Å². The van der Waals surface area contributed by atoms with Crippen molar-refractivity contribution in [3.63, 3.8) is 0 Å². The van der Waals surface area contributed by atoms with Gasteiger partial charge in [-0.15, -0.1) is 0 Å². The molecule has 0 radical (unpaired) electrons. The minimum Gasteiger partial charge on any atom is -0.493 e. The van der Waals surface area contributed by atoms with Gasteiger partial charge in [-0.2, -0.15) is 0 Å². The van der Waals surface area contributed by atoms with Gasteiger partial charge in [-0.1, -0.05) is 18.2 Å². The molecule has 1 fully saturated rings. The van der Waals surface area contributed by atoms with Gasteiger partial charge in [-0.3, -0.25) is 9.59 Å². The van der Waals surface area contributed by atoms with Crippen molar-refractivity contribution >= 4 is 5.91 Å². The van der Waals surface area contributed by atoms with Gasteiger partial charge in [0.15, 0.2) is 0 Å². The van der Waals surface area contributed by atoms with Crippen molar-refractivity contribution < 1.29 is 9.53 Å². The van der Waals surface area contributed by atoms with Crippen LogP contribution in [0.1, 0.15) is 41.9 Å². The molecule has 1 aromatic carbocycles. The normalized spacial score (nSPS) is 21.3. The van der Waals surface area contributed by atoms with Crippen LogP contribution in [0.5, 0.6) is 5.75 Å². The highest BCUT2D eigenvalue weighted by molar-refractivity contribution is 5.79. The summed E-state index contributed by atoms with van der Waals surface area (Å²) in [7, 11) is 0. The molecule has 2 aromatic rings. The average molecular weight is 379 g/mol. The first-order chi connectivity index (χ1) is 13.7. The molecule has 0 spiro atoms. The van der Waals surface area contributed by atoms with Gasteiger partial charge < -0.3 is 14.6 Å². The molecule has 1 amide bonds. The molecule has 2 aliphatic heterocycles. The zero-order valence-electron chi connectivity index (χ0n) is 15.9. The SMILES string of the molecule is O=C([C@@H]1CCOc2ccccc2C1)N1CCc2c(nc(CC3CC3)[nH]c2=O)C1. The van der Waals surface area contributed by atoms with Gasteiger partial charge in [-0.05, 0) is 49.7 Å². The standard InChI is InChI=1S/C22H25N3O3/c26-21-17-7-9-25(13-18(17)23-20(24-21)11-14-5-6-14)22(27)16-8-10-28-19-4-2-1-3-15(19)12-16/h1-4,14,16H,5-13H2,(H,23,24,26)/t16-/m1/s1. The fraction of sp³-hybridized carbons (Fsp3) is 0.500. The Hall–Kier alpha value is -2.63. The zero-order chi connectivity index (χ0) is 19.1.